The van der Waals surface area contributed by atoms with Gasteiger partial charge >= 0.3 is 0 Å². The van der Waals surface area contributed by atoms with Crippen LogP contribution >= 0.6 is 0 Å². The Morgan fingerprint density at radius 2 is 1.94 bits per heavy atom. The minimum atomic E-state index is -0.270. The van der Waals surface area contributed by atoms with Gasteiger partial charge in [0.15, 0.2) is 0 Å². The van der Waals surface area contributed by atoms with E-state index in [1.54, 1.807) is 0 Å². The van der Waals surface area contributed by atoms with E-state index in [2.05, 4.69) is 32.0 Å². The summed E-state index contributed by atoms with van der Waals surface area (Å²) in [5.41, 5.74) is 14.9. The minimum absolute atomic E-state index is 0.0563. The number of rotatable bonds is 5. The zero-order valence-electron chi connectivity index (χ0n) is 11.8. The summed E-state index contributed by atoms with van der Waals surface area (Å²) in [6.07, 6.45) is 1.12. The molecule has 4 N–H and O–H groups in total. The lowest BCUT2D eigenvalue weighted by molar-refractivity contribution is -0.120. The molecule has 1 unspecified atom stereocenters. The zero-order valence-corrected chi connectivity index (χ0v) is 11.8. The van der Waals surface area contributed by atoms with Crippen molar-refractivity contribution in [1.82, 2.24) is 0 Å². The summed E-state index contributed by atoms with van der Waals surface area (Å²) in [6, 6.07) is 6.24. The molecule has 0 bridgehead atoms. The van der Waals surface area contributed by atoms with Crippen molar-refractivity contribution in [2.75, 3.05) is 0 Å². The summed E-state index contributed by atoms with van der Waals surface area (Å²) in [7, 11) is 0. The average molecular weight is 248 g/mol. The number of benzene rings is 1. The molecule has 18 heavy (non-hydrogen) atoms. The van der Waals surface area contributed by atoms with Crippen LogP contribution in [-0.4, -0.2) is 5.91 Å². The fourth-order valence-electron chi connectivity index (χ4n) is 2.41. The first-order valence-electron chi connectivity index (χ1n) is 6.32. The van der Waals surface area contributed by atoms with Gasteiger partial charge in [-0.3, -0.25) is 4.79 Å². The molecule has 0 heterocycles. The van der Waals surface area contributed by atoms with E-state index in [0.29, 0.717) is 6.42 Å². The Labute approximate surface area is 110 Å². The Morgan fingerprint density at radius 1 is 1.33 bits per heavy atom. The van der Waals surface area contributed by atoms with E-state index in [4.69, 9.17) is 11.5 Å². The Bertz CT molecular complexity index is 438. The van der Waals surface area contributed by atoms with Crippen LogP contribution in [0.15, 0.2) is 18.2 Å². The maximum Gasteiger partial charge on any atom is 0.217 e. The summed E-state index contributed by atoms with van der Waals surface area (Å²) in [6.45, 7) is 8.19. The number of carbonyl (C=O) groups is 1. The third kappa shape index (κ3) is 4.15. The van der Waals surface area contributed by atoms with E-state index < -0.39 is 0 Å². The first-order valence-corrected chi connectivity index (χ1v) is 6.32. The van der Waals surface area contributed by atoms with Gasteiger partial charge in [0.2, 0.25) is 5.91 Å². The highest BCUT2D eigenvalue weighted by molar-refractivity contribution is 5.74. The van der Waals surface area contributed by atoms with Crippen LogP contribution in [0, 0.1) is 19.3 Å². The van der Waals surface area contributed by atoms with E-state index in [9.17, 15) is 4.79 Å². The molecule has 0 aliphatic carbocycles. The van der Waals surface area contributed by atoms with Crippen molar-refractivity contribution in [2.45, 2.75) is 46.6 Å². The third-order valence-electron chi connectivity index (χ3n) is 3.26. The highest BCUT2D eigenvalue weighted by Crippen LogP contribution is 2.32. The topological polar surface area (TPSA) is 69.1 Å². The number of amides is 1. The lowest BCUT2D eigenvalue weighted by Gasteiger charge is -2.27. The Kier molecular flexibility index (Phi) is 4.52. The molecule has 0 saturated carbocycles. The molecule has 0 saturated heterocycles. The molecule has 1 rings (SSSR count). The summed E-state index contributed by atoms with van der Waals surface area (Å²) in [5, 5.41) is 0. The van der Waals surface area contributed by atoms with Crippen molar-refractivity contribution < 1.29 is 4.79 Å². The molecule has 3 nitrogen and oxygen atoms in total. The van der Waals surface area contributed by atoms with Gasteiger partial charge in [-0.05, 0) is 36.8 Å². The van der Waals surface area contributed by atoms with Gasteiger partial charge in [0, 0.05) is 12.5 Å². The van der Waals surface area contributed by atoms with Gasteiger partial charge in [-0.25, -0.2) is 0 Å². The van der Waals surface area contributed by atoms with Gasteiger partial charge in [-0.15, -0.1) is 0 Å². The molecule has 1 amide bonds. The van der Waals surface area contributed by atoms with Gasteiger partial charge < -0.3 is 11.5 Å². The number of nitrogens with two attached hydrogens (primary N) is 2. The summed E-state index contributed by atoms with van der Waals surface area (Å²) in [5.74, 6) is -0.270. The van der Waals surface area contributed by atoms with Crippen LogP contribution in [-0.2, 0) is 4.79 Å². The van der Waals surface area contributed by atoms with Crippen molar-refractivity contribution >= 4 is 5.91 Å². The normalized spacial score (nSPS) is 13.4. The summed E-state index contributed by atoms with van der Waals surface area (Å²) in [4.78, 5) is 11.0. The average Bonchev–Trinajstić information content (AvgIpc) is 2.18. The molecule has 100 valence electrons. The van der Waals surface area contributed by atoms with Crippen molar-refractivity contribution in [3.8, 4) is 0 Å². The number of hydrogen-bond acceptors (Lipinski definition) is 2. The lowest BCUT2D eigenvalue weighted by Crippen LogP contribution is -2.27. The van der Waals surface area contributed by atoms with Crippen LogP contribution in [0.5, 0.6) is 0 Å². The number of aryl methyl sites for hydroxylation is 2. The Hall–Kier alpha value is -1.35. The molecule has 0 spiro atoms. The van der Waals surface area contributed by atoms with Crippen LogP contribution in [0.1, 0.15) is 49.4 Å². The Balaban J connectivity index is 2.84. The SMILES string of the molecule is Cc1ccc(C)c(C(N)CC(C)(C)CC(N)=O)c1. The maximum atomic E-state index is 11.0. The second kappa shape index (κ2) is 5.53. The standard InChI is InChI=1S/C15H24N2O/c1-10-5-6-11(2)12(7-10)13(16)8-15(3,4)9-14(17)18/h5-7,13H,8-9,16H2,1-4H3,(H2,17,18). The molecule has 0 aliphatic rings. The highest BCUT2D eigenvalue weighted by atomic mass is 16.1. The molecule has 1 aromatic carbocycles. The minimum Gasteiger partial charge on any atom is -0.370 e. The van der Waals surface area contributed by atoms with Gasteiger partial charge in [-0.1, -0.05) is 37.6 Å². The zero-order chi connectivity index (χ0) is 13.9. The lowest BCUT2D eigenvalue weighted by atomic mass is 9.80. The molecular formula is C15H24N2O. The Morgan fingerprint density at radius 3 is 2.50 bits per heavy atom. The maximum absolute atomic E-state index is 11.0. The van der Waals surface area contributed by atoms with Gasteiger partial charge in [-0.2, -0.15) is 0 Å². The predicted octanol–water partition coefficient (Wildman–Crippen LogP) is 2.59. The second-order valence-electron chi connectivity index (χ2n) is 5.98. The monoisotopic (exact) mass is 248 g/mol. The van der Waals surface area contributed by atoms with Crippen molar-refractivity contribution in [3.05, 3.63) is 34.9 Å². The van der Waals surface area contributed by atoms with E-state index in [1.165, 1.54) is 11.1 Å². The molecular weight excluding hydrogens is 224 g/mol. The van der Waals surface area contributed by atoms with E-state index in [1.807, 2.05) is 13.8 Å². The number of primary amides is 1. The van der Waals surface area contributed by atoms with E-state index >= 15 is 0 Å². The first kappa shape index (κ1) is 14.7. The molecule has 0 radical (unpaired) electrons. The van der Waals surface area contributed by atoms with Crippen LogP contribution in [0.2, 0.25) is 0 Å². The third-order valence-corrected chi connectivity index (χ3v) is 3.26. The van der Waals surface area contributed by atoms with Crippen LogP contribution < -0.4 is 11.5 Å². The van der Waals surface area contributed by atoms with Gasteiger partial charge in [0.05, 0.1) is 0 Å². The van der Waals surface area contributed by atoms with Crippen molar-refractivity contribution in [1.29, 1.82) is 0 Å². The fourth-order valence-corrected chi connectivity index (χ4v) is 2.41. The van der Waals surface area contributed by atoms with E-state index in [0.717, 1.165) is 12.0 Å². The van der Waals surface area contributed by atoms with Crippen molar-refractivity contribution in [2.24, 2.45) is 16.9 Å². The first-order chi connectivity index (χ1) is 8.21. The van der Waals surface area contributed by atoms with Crippen LogP contribution in [0.3, 0.4) is 0 Å². The molecule has 1 atom stereocenters. The molecule has 1 aromatic rings. The molecule has 0 aliphatic heterocycles. The van der Waals surface area contributed by atoms with Crippen molar-refractivity contribution in [3.63, 3.8) is 0 Å². The van der Waals surface area contributed by atoms with Crippen LogP contribution in [0.25, 0.3) is 0 Å². The van der Waals surface area contributed by atoms with Crippen LogP contribution in [0.4, 0.5) is 0 Å². The van der Waals surface area contributed by atoms with Gasteiger partial charge in [0.1, 0.15) is 0 Å². The number of hydrogen-bond donors (Lipinski definition) is 2. The smallest absolute Gasteiger partial charge is 0.217 e. The molecule has 0 fully saturated rings. The largest absolute Gasteiger partial charge is 0.370 e. The fraction of sp³-hybridized carbons (Fsp3) is 0.533. The second-order valence-corrected chi connectivity index (χ2v) is 5.98. The summed E-state index contributed by atoms with van der Waals surface area (Å²) < 4.78 is 0. The summed E-state index contributed by atoms with van der Waals surface area (Å²) >= 11 is 0. The molecule has 0 aromatic heterocycles. The van der Waals surface area contributed by atoms with E-state index in [-0.39, 0.29) is 17.4 Å². The predicted molar refractivity (Wildman–Crippen MR) is 75.1 cm³/mol. The van der Waals surface area contributed by atoms with Gasteiger partial charge in [0.25, 0.3) is 0 Å². The quantitative estimate of drug-likeness (QED) is 0.841. The highest BCUT2D eigenvalue weighted by Gasteiger charge is 2.25. The number of carbonyl (C=O) groups excluding carboxylic acids is 1. The molecule has 3 heteroatoms.